The maximum Gasteiger partial charge on any atom is 0.227 e. The van der Waals surface area contributed by atoms with Crippen molar-refractivity contribution in [2.75, 3.05) is 44.8 Å². The van der Waals surface area contributed by atoms with Crippen molar-refractivity contribution in [1.29, 1.82) is 5.26 Å². The van der Waals surface area contributed by atoms with E-state index >= 15 is 0 Å². The third-order valence-electron chi connectivity index (χ3n) is 6.44. The summed E-state index contributed by atoms with van der Waals surface area (Å²) in [4.78, 5) is 8.90. The van der Waals surface area contributed by atoms with Crippen LogP contribution in [0.3, 0.4) is 0 Å². The quantitative estimate of drug-likeness (QED) is 0.461. The molecule has 11 heteroatoms. The number of hydrogen-bond acceptors (Lipinski definition) is 9. The van der Waals surface area contributed by atoms with Crippen molar-refractivity contribution in [3.05, 3.63) is 65.9 Å². The molecule has 2 aliphatic rings. The largest absolute Gasteiger partial charge is 0.489 e. The predicted octanol–water partition coefficient (Wildman–Crippen LogP) is 3.48. The normalized spacial score (nSPS) is 17.0. The van der Waals surface area contributed by atoms with Gasteiger partial charge in [0.25, 0.3) is 0 Å². The minimum absolute atomic E-state index is 0.0439. The van der Waals surface area contributed by atoms with Crippen LogP contribution in [0.25, 0.3) is 11.3 Å². The number of rotatable bonds is 8. The average molecular weight is 536 g/mol. The van der Waals surface area contributed by atoms with Crippen LogP contribution in [0.4, 0.5) is 11.6 Å². The van der Waals surface area contributed by atoms with Gasteiger partial charge in [0.1, 0.15) is 17.9 Å². The molecule has 0 bridgehead atoms. The minimum atomic E-state index is -3.39. The zero-order valence-corrected chi connectivity index (χ0v) is 21.7. The minimum Gasteiger partial charge on any atom is -0.489 e. The van der Waals surface area contributed by atoms with Crippen molar-refractivity contribution >= 4 is 21.7 Å². The van der Waals surface area contributed by atoms with Gasteiger partial charge in [0, 0.05) is 43.4 Å². The summed E-state index contributed by atoms with van der Waals surface area (Å²) in [6, 6.07) is 16.6. The molecular weight excluding hydrogens is 506 g/mol. The molecule has 0 unspecified atom stereocenters. The number of ether oxygens (including phenoxy) is 3. The molecule has 3 aromatic rings. The summed E-state index contributed by atoms with van der Waals surface area (Å²) in [6.45, 7) is 2.95. The van der Waals surface area contributed by atoms with Gasteiger partial charge in [-0.15, -0.1) is 0 Å². The van der Waals surface area contributed by atoms with E-state index in [-0.39, 0.29) is 11.9 Å². The molecule has 1 aromatic heterocycles. The van der Waals surface area contributed by atoms with E-state index in [9.17, 15) is 13.7 Å². The number of nitrogens with zero attached hydrogens (tertiary/aromatic N) is 4. The molecule has 10 nitrogen and oxygen atoms in total. The monoisotopic (exact) mass is 535 g/mol. The van der Waals surface area contributed by atoms with E-state index in [4.69, 9.17) is 14.2 Å². The van der Waals surface area contributed by atoms with Crippen LogP contribution in [-0.2, 0) is 25.2 Å². The van der Waals surface area contributed by atoms with Gasteiger partial charge in [-0.2, -0.15) is 9.57 Å². The fourth-order valence-corrected chi connectivity index (χ4v) is 5.87. The van der Waals surface area contributed by atoms with Gasteiger partial charge in [0.2, 0.25) is 16.0 Å². The summed E-state index contributed by atoms with van der Waals surface area (Å²) >= 11 is 0. The van der Waals surface area contributed by atoms with Crippen LogP contribution in [0.5, 0.6) is 5.75 Å². The average Bonchev–Trinajstić information content (AvgIpc) is 2.95. The predicted molar refractivity (Wildman–Crippen MR) is 141 cm³/mol. The van der Waals surface area contributed by atoms with Crippen LogP contribution in [0.2, 0.25) is 0 Å². The first-order chi connectivity index (χ1) is 18.5. The standard InChI is InChI=1S/C27H29N5O5S/c28-18-22-17-21(3-6-26(22)37-24-8-13-35-14-9-24)25-7-10-29-27(31-25)30-23-4-1-20(2-5-23)19-38(33,34)32-11-15-36-16-12-32/h1-7,10,17,24H,8-9,11-16,19H2,(H,29,30,31). The Balaban J connectivity index is 1.25. The van der Waals surface area contributed by atoms with E-state index in [0.717, 1.165) is 24.1 Å². The Bertz CT molecular complexity index is 1400. The fraction of sp³-hybridized carbons (Fsp3) is 0.370. The van der Waals surface area contributed by atoms with E-state index in [1.54, 1.807) is 42.6 Å². The van der Waals surface area contributed by atoms with Crippen molar-refractivity contribution < 1.29 is 22.6 Å². The van der Waals surface area contributed by atoms with Crippen LogP contribution in [0.1, 0.15) is 24.0 Å². The third kappa shape index (κ3) is 6.46. The van der Waals surface area contributed by atoms with Gasteiger partial charge in [-0.25, -0.2) is 18.4 Å². The zero-order valence-electron chi connectivity index (χ0n) is 20.9. The van der Waals surface area contributed by atoms with Gasteiger partial charge in [-0.05, 0) is 42.0 Å². The molecule has 2 aromatic carbocycles. The lowest BCUT2D eigenvalue weighted by atomic mass is 10.1. The second-order valence-electron chi connectivity index (χ2n) is 9.11. The number of anilines is 2. The van der Waals surface area contributed by atoms with Gasteiger partial charge < -0.3 is 19.5 Å². The molecule has 2 saturated heterocycles. The maximum absolute atomic E-state index is 12.7. The van der Waals surface area contributed by atoms with Crippen LogP contribution >= 0.6 is 0 Å². The Morgan fingerprint density at radius 2 is 1.76 bits per heavy atom. The lowest BCUT2D eigenvalue weighted by Gasteiger charge is -2.26. The number of morpholine rings is 1. The molecule has 0 saturated carbocycles. The van der Waals surface area contributed by atoms with Crippen LogP contribution in [0.15, 0.2) is 54.7 Å². The molecule has 3 heterocycles. The number of benzene rings is 2. The lowest BCUT2D eigenvalue weighted by Crippen LogP contribution is -2.41. The van der Waals surface area contributed by atoms with Crippen molar-refractivity contribution in [3.63, 3.8) is 0 Å². The summed E-state index contributed by atoms with van der Waals surface area (Å²) < 4.78 is 43.5. The topological polar surface area (TPSA) is 127 Å². The molecule has 38 heavy (non-hydrogen) atoms. The number of aromatic nitrogens is 2. The van der Waals surface area contributed by atoms with Gasteiger partial charge in [-0.3, -0.25) is 0 Å². The second-order valence-corrected chi connectivity index (χ2v) is 11.1. The molecule has 0 spiro atoms. The number of sulfonamides is 1. The summed E-state index contributed by atoms with van der Waals surface area (Å²) in [5.74, 6) is 0.887. The van der Waals surface area contributed by atoms with Gasteiger partial charge in [-0.1, -0.05) is 12.1 Å². The van der Waals surface area contributed by atoms with Crippen molar-refractivity contribution in [3.8, 4) is 23.1 Å². The van der Waals surface area contributed by atoms with Crippen molar-refractivity contribution in [2.45, 2.75) is 24.7 Å². The smallest absolute Gasteiger partial charge is 0.227 e. The highest BCUT2D eigenvalue weighted by molar-refractivity contribution is 7.88. The van der Waals surface area contributed by atoms with Crippen molar-refractivity contribution in [1.82, 2.24) is 14.3 Å². The fourth-order valence-electron chi connectivity index (χ4n) is 4.37. The van der Waals surface area contributed by atoms with Crippen LogP contribution < -0.4 is 10.1 Å². The molecule has 0 atom stereocenters. The van der Waals surface area contributed by atoms with E-state index in [1.165, 1.54) is 4.31 Å². The number of nitrogens with one attached hydrogen (secondary N) is 1. The molecule has 198 valence electrons. The Hall–Kier alpha value is -3.56. The highest BCUT2D eigenvalue weighted by Crippen LogP contribution is 2.28. The number of hydrogen-bond donors (Lipinski definition) is 1. The van der Waals surface area contributed by atoms with Crippen LogP contribution in [-0.4, -0.2) is 68.3 Å². The molecule has 2 aliphatic heterocycles. The van der Waals surface area contributed by atoms with E-state index in [0.29, 0.717) is 68.0 Å². The lowest BCUT2D eigenvalue weighted by molar-refractivity contribution is 0.0254. The Morgan fingerprint density at radius 3 is 2.50 bits per heavy atom. The number of nitriles is 1. The second kappa shape index (κ2) is 11.9. The summed E-state index contributed by atoms with van der Waals surface area (Å²) in [7, 11) is -3.39. The molecule has 5 rings (SSSR count). The Morgan fingerprint density at radius 1 is 1.03 bits per heavy atom. The first-order valence-electron chi connectivity index (χ1n) is 12.5. The maximum atomic E-state index is 12.7. The SMILES string of the molecule is N#Cc1cc(-c2ccnc(Nc3ccc(CS(=O)(=O)N4CCOCC4)cc3)n2)ccc1OC1CCOCC1. The van der Waals surface area contributed by atoms with E-state index in [2.05, 4.69) is 21.4 Å². The molecule has 0 aliphatic carbocycles. The summed E-state index contributed by atoms with van der Waals surface area (Å²) in [5.41, 5.74) is 3.31. The highest BCUT2D eigenvalue weighted by atomic mass is 32.2. The third-order valence-corrected chi connectivity index (χ3v) is 8.29. The molecule has 0 amide bonds. The Labute approximate surface area is 222 Å². The first-order valence-corrected chi connectivity index (χ1v) is 14.1. The summed E-state index contributed by atoms with van der Waals surface area (Å²) in [5, 5.41) is 12.9. The Kier molecular flexibility index (Phi) is 8.14. The molecular formula is C27H29N5O5S. The van der Waals surface area contributed by atoms with Gasteiger partial charge >= 0.3 is 0 Å². The van der Waals surface area contributed by atoms with E-state index < -0.39 is 10.0 Å². The van der Waals surface area contributed by atoms with Crippen LogP contribution in [0, 0.1) is 11.3 Å². The molecule has 0 radical (unpaired) electrons. The highest BCUT2D eigenvalue weighted by Gasteiger charge is 2.24. The zero-order chi connectivity index (χ0) is 26.4. The molecule has 2 fully saturated rings. The van der Waals surface area contributed by atoms with Crippen molar-refractivity contribution in [2.24, 2.45) is 0 Å². The first kappa shape index (κ1) is 26.1. The van der Waals surface area contributed by atoms with E-state index in [1.807, 2.05) is 12.1 Å². The van der Waals surface area contributed by atoms with Gasteiger partial charge in [0.05, 0.1) is 43.4 Å². The summed E-state index contributed by atoms with van der Waals surface area (Å²) in [6.07, 6.45) is 3.30. The molecule has 1 N–H and O–H groups in total. The van der Waals surface area contributed by atoms with Gasteiger partial charge in [0.15, 0.2) is 0 Å².